The van der Waals surface area contributed by atoms with Gasteiger partial charge in [0.05, 0.1) is 0 Å². The van der Waals surface area contributed by atoms with Crippen LogP contribution in [0.25, 0.3) is 0 Å². The molecular weight excluding hydrogens is 311 g/mol. The van der Waals surface area contributed by atoms with Crippen LogP contribution < -0.4 is 10.1 Å². The molecule has 0 saturated carbocycles. The van der Waals surface area contributed by atoms with Crippen molar-refractivity contribution < 1.29 is 18.3 Å². The second-order valence-electron chi connectivity index (χ2n) is 5.13. The van der Waals surface area contributed by atoms with Crippen molar-refractivity contribution in [1.29, 1.82) is 0 Å². The van der Waals surface area contributed by atoms with E-state index in [1.165, 1.54) is 24.3 Å². The van der Waals surface area contributed by atoms with Crippen molar-refractivity contribution in [3.63, 3.8) is 0 Å². The van der Waals surface area contributed by atoms with E-state index in [-0.39, 0.29) is 24.1 Å². The third kappa shape index (κ3) is 3.98. The van der Waals surface area contributed by atoms with Gasteiger partial charge in [-0.3, -0.25) is 4.79 Å². The predicted molar refractivity (Wildman–Crippen MR) is 86.4 cm³/mol. The summed E-state index contributed by atoms with van der Waals surface area (Å²) in [6, 6.07) is 14.2. The highest BCUT2D eigenvalue weighted by Gasteiger charge is 2.12. The number of aromatic nitrogens is 1. The number of benzene rings is 1. The Bertz CT molecular complexity index is 843. The maximum Gasteiger partial charge on any atom is 0.292 e. The van der Waals surface area contributed by atoms with E-state index >= 15 is 0 Å². The van der Waals surface area contributed by atoms with Crippen molar-refractivity contribution in [2.75, 3.05) is 5.32 Å². The fourth-order valence-corrected chi connectivity index (χ4v) is 2.05. The van der Waals surface area contributed by atoms with Crippen LogP contribution in [0.5, 0.6) is 5.75 Å². The number of ether oxygens (including phenoxy) is 1. The number of nitrogens with zero attached hydrogens (tertiary/aromatic N) is 1. The molecule has 0 aliphatic carbocycles. The molecule has 1 amide bonds. The molecule has 6 heteroatoms. The SMILES string of the molecule is Cc1cccc(NC(=O)c2ccc(COc3ccc(F)cc3)o2)n1. The molecule has 0 bridgehead atoms. The van der Waals surface area contributed by atoms with Gasteiger partial charge in [0, 0.05) is 5.69 Å². The number of anilines is 1. The van der Waals surface area contributed by atoms with Crippen LogP contribution in [0.15, 0.2) is 59.0 Å². The Labute approximate surface area is 138 Å². The molecule has 0 atom stereocenters. The summed E-state index contributed by atoms with van der Waals surface area (Å²) in [6.07, 6.45) is 0. The average Bonchev–Trinajstić information content (AvgIpc) is 3.03. The molecule has 0 saturated heterocycles. The van der Waals surface area contributed by atoms with Gasteiger partial charge in [0.15, 0.2) is 5.76 Å². The first kappa shape index (κ1) is 15.7. The van der Waals surface area contributed by atoms with Crippen LogP contribution in [0.3, 0.4) is 0 Å². The standard InChI is InChI=1S/C18H15FN2O3/c1-12-3-2-4-17(20-12)21-18(22)16-10-9-15(24-16)11-23-14-7-5-13(19)6-8-14/h2-10H,11H2,1H3,(H,20,21,22). The highest BCUT2D eigenvalue weighted by molar-refractivity contribution is 6.01. The lowest BCUT2D eigenvalue weighted by Gasteiger charge is -2.04. The molecule has 0 unspecified atom stereocenters. The van der Waals surface area contributed by atoms with Crippen LogP contribution in [0.1, 0.15) is 22.0 Å². The predicted octanol–water partition coefficient (Wildman–Crippen LogP) is 3.95. The molecule has 122 valence electrons. The maximum atomic E-state index is 12.8. The molecule has 0 fully saturated rings. The fourth-order valence-electron chi connectivity index (χ4n) is 2.05. The van der Waals surface area contributed by atoms with E-state index in [0.717, 1.165) is 5.69 Å². The minimum absolute atomic E-state index is 0.140. The molecule has 2 aromatic heterocycles. The zero-order chi connectivity index (χ0) is 16.9. The first-order valence-electron chi connectivity index (χ1n) is 7.32. The van der Waals surface area contributed by atoms with Gasteiger partial charge in [-0.05, 0) is 55.5 Å². The normalized spacial score (nSPS) is 10.4. The second kappa shape index (κ2) is 6.95. The lowest BCUT2D eigenvalue weighted by Crippen LogP contribution is -2.12. The number of halogens is 1. The fraction of sp³-hybridized carbons (Fsp3) is 0.111. The van der Waals surface area contributed by atoms with E-state index in [1.54, 1.807) is 18.2 Å². The van der Waals surface area contributed by atoms with E-state index < -0.39 is 0 Å². The van der Waals surface area contributed by atoms with Gasteiger partial charge in [-0.15, -0.1) is 0 Å². The van der Waals surface area contributed by atoms with Crippen molar-refractivity contribution in [2.45, 2.75) is 13.5 Å². The summed E-state index contributed by atoms with van der Waals surface area (Å²) in [4.78, 5) is 16.3. The Morgan fingerprint density at radius 2 is 1.96 bits per heavy atom. The van der Waals surface area contributed by atoms with Gasteiger partial charge < -0.3 is 14.5 Å². The first-order valence-corrected chi connectivity index (χ1v) is 7.32. The minimum atomic E-state index is -0.388. The summed E-state index contributed by atoms with van der Waals surface area (Å²) in [5.74, 6) is 0.908. The summed E-state index contributed by atoms with van der Waals surface area (Å²) in [5, 5.41) is 2.67. The van der Waals surface area contributed by atoms with E-state index in [2.05, 4.69) is 10.3 Å². The van der Waals surface area contributed by atoms with Gasteiger partial charge in [0.25, 0.3) is 5.91 Å². The number of furan rings is 1. The molecule has 1 aromatic carbocycles. The zero-order valence-corrected chi connectivity index (χ0v) is 13.0. The van der Waals surface area contributed by atoms with Gasteiger partial charge in [0.1, 0.15) is 29.8 Å². The smallest absolute Gasteiger partial charge is 0.292 e. The third-order valence-corrected chi connectivity index (χ3v) is 3.21. The molecule has 2 heterocycles. The van der Waals surface area contributed by atoms with Gasteiger partial charge >= 0.3 is 0 Å². The Hall–Kier alpha value is -3.15. The number of amides is 1. The number of nitrogens with one attached hydrogen (secondary N) is 1. The van der Waals surface area contributed by atoms with Crippen molar-refractivity contribution in [3.05, 3.63) is 77.6 Å². The highest BCUT2D eigenvalue weighted by atomic mass is 19.1. The largest absolute Gasteiger partial charge is 0.486 e. The number of pyridine rings is 1. The lowest BCUT2D eigenvalue weighted by atomic mass is 10.3. The summed E-state index contributed by atoms with van der Waals surface area (Å²) in [7, 11) is 0. The monoisotopic (exact) mass is 326 g/mol. The summed E-state index contributed by atoms with van der Waals surface area (Å²) >= 11 is 0. The Morgan fingerprint density at radius 1 is 1.17 bits per heavy atom. The molecular formula is C18H15FN2O3. The minimum Gasteiger partial charge on any atom is -0.486 e. The Balaban J connectivity index is 1.60. The molecule has 24 heavy (non-hydrogen) atoms. The van der Waals surface area contributed by atoms with Gasteiger partial charge in [-0.2, -0.15) is 0 Å². The lowest BCUT2D eigenvalue weighted by molar-refractivity contribution is 0.0992. The van der Waals surface area contributed by atoms with Crippen LogP contribution in [0.4, 0.5) is 10.2 Å². The zero-order valence-electron chi connectivity index (χ0n) is 13.0. The quantitative estimate of drug-likeness (QED) is 0.771. The van der Waals surface area contributed by atoms with Gasteiger partial charge in [0.2, 0.25) is 0 Å². The van der Waals surface area contributed by atoms with Crippen molar-refractivity contribution in [1.82, 2.24) is 4.98 Å². The van der Waals surface area contributed by atoms with Crippen LogP contribution in [-0.2, 0) is 6.61 Å². The molecule has 3 aromatic rings. The van der Waals surface area contributed by atoms with Crippen LogP contribution in [-0.4, -0.2) is 10.9 Å². The van der Waals surface area contributed by atoms with Crippen LogP contribution >= 0.6 is 0 Å². The second-order valence-corrected chi connectivity index (χ2v) is 5.13. The number of rotatable bonds is 5. The molecule has 0 aliphatic rings. The number of hydrogen-bond donors (Lipinski definition) is 1. The Kier molecular flexibility index (Phi) is 4.56. The van der Waals surface area contributed by atoms with Crippen molar-refractivity contribution >= 4 is 11.7 Å². The molecule has 0 spiro atoms. The number of hydrogen-bond acceptors (Lipinski definition) is 4. The van der Waals surface area contributed by atoms with Gasteiger partial charge in [-0.25, -0.2) is 9.37 Å². The summed E-state index contributed by atoms with van der Waals surface area (Å²) in [6.45, 7) is 1.98. The van der Waals surface area contributed by atoms with Crippen LogP contribution in [0.2, 0.25) is 0 Å². The molecule has 0 radical (unpaired) electrons. The topological polar surface area (TPSA) is 64.4 Å². The molecule has 3 rings (SSSR count). The number of aryl methyl sites for hydroxylation is 1. The van der Waals surface area contributed by atoms with E-state index in [0.29, 0.717) is 17.3 Å². The number of carbonyl (C=O) groups is 1. The average molecular weight is 326 g/mol. The highest BCUT2D eigenvalue weighted by Crippen LogP contribution is 2.16. The van der Waals surface area contributed by atoms with E-state index in [1.807, 2.05) is 19.1 Å². The molecule has 0 aliphatic heterocycles. The Morgan fingerprint density at radius 3 is 2.71 bits per heavy atom. The molecule has 1 N–H and O–H groups in total. The van der Waals surface area contributed by atoms with Gasteiger partial charge in [-0.1, -0.05) is 6.07 Å². The third-order valence-electron chi connectivity index (χ3n) is 3.21. The first-order chi connectivity index (χ1) is 11.6. The number of carbonyl (C=O) groups excluding carboxylic acids is 1. The summed E-state index contributed by atoms with van der Waals surface area (Å²) in [5.41, 5.74) is 0.806. The maximum absolute atomic E-state index is 12.8. The summed E-state index contributed by atoms with van der Waals surface area (Å²) < 4.78 is 23.7. The van der Waals surface area contributed by atoms with Crippen molar-refractivity contribution in [2.24, 2.45) is 0 Å². The van der Waals surface area contributed by atoms with E-state index in [9.17, 15) is 9.18 Å². The van der Waals surface area contributed by atoms with Crippen molar-refractivity contribution in [3.8, 4) is 5.75 Å². The molecule has 5 nitrogen and oxygen atoms in total. The van der Waals surface area contributed by atoms with E-state index in [4.69, 9.17) is 9.15 Å². The van der Waals surface area contributed by atoms with Crippen LogP contribution in [0, 0.1) is 12.7 Å².